The number of aliphatic hydroxyl groups excluding tert-OH is 1. The van der Waals surface area contributed by atoms with Crippen LogP contribution in [0.2, 0.25) is 5.15 Å². The molecular weight excluding hydrogens is 394 g/mol. The van der Waals surface area contributed by atoms with Crippen LogP contribution < -0.4 is 10.6 Å². The molecule has 3 atom stereocenters. The zero-order valence-corrected chi connectivity index (χ0v) is 17.9. The molecule has 2 heterocycles. The Morgan fingerprint density at radius 3 is 2.67 bits per heavy atom. The predicted molar refractivity (Wildman–Crippen MR) is 121 cm³/mol. The van der Waals surface area contributed by atoms with E-state index in [2.05, 4.69) is 53.3 Å². The fourth-order valence-electron chi connectivity index (χ4n) is 4.91. The lowest BCUT2D eigenvalue weighted by atomic mass is 9.90. The van der Waals surface area contributed by atoms with Crippen molar-refractivity contribution in [2.75, 3.05) is 0 Å². The molecule has 154 valence electrons. The van der Waals surface area contributed by atoms with Gasteiger partial charge in [-0.05, 0) is 54.8 Å². The van der Waals surface area contributed by atoms with Crippen molar-refractivity contribution in [2.24, 2.45) is 4.99 Å². The summed E-state index contributed by atoms with van der Waals surface area (Å²) in [6.45, 7) is 2.13. The first-order valence-corrected chi connectivity index (χ1v) is 11.1. The van der Waals surface area contributed by atoms with E-state index >= 15 is 0 Å². The van der Waals surface area contributed by atoms with Gasteiger partial charge in [0.2, 0.25) is 0 Å². The van der Waals surface area contributed by atoms with E-state index in [-0.39, 0.29) is 18.3 Å². The Hall–Kier alpha value is -2.43. The largest absolute Gasteiger partial charge is 0.391 e. The summed E-state index contributed by atoms with van der Waals surface area (Å²) in [7, 11) is 0. The number of fused-ring (bicyclic) bond motifs is 3. The zero-order chi connectivity index (χ0) is 20.7. The van der Waals surface area contributed by atoms with Crippen LogP contribution >= 0.6 is 11.6 Å². The van der Waals surface area contributed by atoms with E-state index in [1.54, 1.807) is 0 Å². The summed E-state index contributed by atoms with van der Waals surface area (Å²) in [5.74, 6) is 0. The standard InChI is InChI=1S/C25H26ClN3O/c1-16-28-25-19(15-29(16)22-8-4-5-9-23(22)30)13-18(20-6-2-3-7-21(20)25)12-17-10-11-24(26)27-14-17/h2-3,6-7,10-11,13-16,22-23,30H,4-5,8-9,12H2,1H3/t16?,22-,23-/m0/s1. The van der Waals surface area contributed by atoms with E-state index < -0.39 is 0 Å². The van der Waals surface area contributed by atoms with Crippen LogP contribution in [0.1, 0.15) is 43.7 Å². The van der Waals surface area contributed by atoms with Gasteiger partial charge in [-0.3, -0.25) is 4.99 Å². The number of benzene rings is 2. The molecule has 0 radical (unpaired) electrons. The van der Waals surface area contributed by atoms with Gasteiger partial charge in [0, 0.05) is 23.0 Å². The van der Waals surface area contributed by atoms with Gasteiger partial charge in [0.05, 0.1) is 17.5 Å². The van der Waals surface area contributed by atoms with Gasteiger partial charge >= 0.3 is 0 Å². The fraction of sp³-hybridized carbons (Fsp3) is 0.360. The quantitative estimate of drug-likeness (QED) is 0.657. The van der Waals surface area contributed by atoms with Gasteiger partial charge in [-0.2, -0.15) is 0 Å². The molecule has 2 aliphatic rings. The summed E-state index contributed by atoms with van der Waals surface area (Å²) in [4.78, 5) is 11.6. The van der Waals surface area contributed by atoms with Gasteiger partial charge in [-0.25, -0.2) is 4.98 Å². The summed E-state index contributed by atoms with van der Waals surface area (Å²) in [6, 6.07) is 14.8. The third-order valence-corrected chi connectivity index (χ3v) is 6.65. The lowest BCUT2D eigenvalue weighted by molar-refractivity contribution is 0.0352. The third kappa shape index (κ3) is 3.59. The van der Waals surface area contributed by atoms with Crippen LogP contribution in [0.5, 0.6) is 0 Å². The average molecular weight is 420 g/mol. The first-order chi connectivity index (χ1) is 14.6. The van der Waals surface area contributed by atoms with Gasteiger partial charge in [-0.15, -0.1) is 0 Å². The van der Waals surface area contributed by atoms with E-state index in [0.29, 0.717) is 5.15 Å². The van der Waals surface area contributed by atoms with E-state index in [4.69, 9.17) is 16.6 Å². The second kappa shape index (κ2) is 8.01. The number of aliphatic hydroxyl groups is 1. The smallest absolute Gasteiger partial charge is 0.129 e. The Balaban J connectivity index is 1.64. The summed E-state index contributed by atoms with van der Waals surface area (Å²) in [5, 5.41) is 15.7. The second-order valence-corrected chi connectivity index (χ2v) is 8.83. The highest BCUT2D eigenvalue weighted by Gasteiger charge is 2.30. The van der Waals surface area contributed by atoms with E-state index in [1.807, 2.05) is 18.3 Å². The monoisotopic (exact) mass is 419 g/mol. The van der Waals surface area contributed by atoms with Crippen molar-refractivity contribution >= 4 is 28.6 Å². The van der Waals surface area contributed by atoms with E-state index in [0.717, 1.165) is 48.2 Å². The minimum Gasteiger partial charge on any atom is -0.391 e. The maximum absolute atomic E-state index is 10.6. The maximum atomic E-state index is 10.6. The van der Waals surface area contributed by atoms with Crippen LogP contribution in [0, 0.1) is 0 Å². The SMILES string of the molecule is CC1N=c2c(cc(Cc3ccc(Cl)nc3)c3ccccc23)=CN1[C@H]1CCCC[C@@H]1O. The number of rotatable bonds is 3. The second-order valence-electron chi connectivity index (χ2n) is 8.44. The number of aromatic nitrogens is 1. The first-order valence-electron chi connectivity index (χ1n) is 10.8. The highest BCUT2D eigenvalue weighted by Crippen LogP contribution is 2.26. The summed E-state index contributed by atoms with van der Waals surface area (Å²) in [5.41, 5.74) is 2.38. The van der Waals surface area contributed by atoms with Crippen LogP contribution in [0.4, 0.5) is 0 Å². The van der Waals surface area contributed by atoms with Gasteiger partial charge in [0.25, 0.3) is 0 Å². The Kier molecular flexibility index (Phi) is 5.21. The predicted octanol–water partition coefficient (Wildman–Crippen LogP) is 3.80. The molecule has 3 aromatic rings. The average Bonchev–Trinajstić information content (AvgIpc) is 2.76. The molecule has 1 saturated carbocycles. The summed E-state index contributed by atoms with van der Waals surface area (Å²) >= 11 is 5.97. The van der Waals surface area contributed by atoms with Crippen molar-refractivity contribution in [3.8, 4) is 0 Å². The first kappa shape index (κ1) is 19.5. The van der Waals surface area contributed by atoms with Crippen molar-refractivity contribution in [1.29, 1.82) is 0 Å². The molecule has 0 amide bonds. The molecule has 0 spiro atoms. The fourth-order valence-corrected chi connectivity index (χ4v) is 5.02. The number of nitrogens with zero attached hydrogens (tertiary/aromatic N) is 3. The molecule has 1 aliphatic heterocycles. The van der Waals surface area contributed by atoms with Gasteiger partial charge in [-0.1, -0.05) is 54.8 Å². The Morgan fingerprint density at radius 1 is 1.10 bits per heavy atom. The number of halogens is 1. The molecular formula is C25H26ClN3O. The minimum atomic E-state index is -0.283. The lowest BCUT2D eigenvalue weighted by Crippen LogP contribution is -2.50. The molecule has 30 heavy (non-hydrogen) atoms. The molecule has 1 N–H and O–H groups in total. The highest BCUT2D eigenvalue weighted by molar-refractivity contribution is 6.29. The molecule has 4 nitrogen and oxygen atoms in total. The zero-order valence-electron chi connectivity index (χ0n) is 17.1. The van der Waals surface area contributed by atoms with Crippen LogP contribution in [-0.2, 0) is 6.42 Å². The summed E-state index contributed by atoms with van der Waals surface area (Å²) < 4.78 is 0. The van der Waals surface area contributed by atoms with E-state index in [9.17, 15) is 5.11 Å². The number of hydrogen-bond acceptors (Lipinski definition) is 4. The van der Waals surface area contributed by atoms with Crippen LogP contribution in [0.25, 0.3) is 17.0 Å². The van der Waals surface area contributed by atoms with Crippen molar-refractivity contribution < 1.29 is 5.11 Å². The molecule has 5 heteroatoms. The Labute approximate surface area is 181 Å². The van der Waals surface area contributed by atoms with Crippen LogP contribution in [-0.4, -0.2) is 33.3 Å². The van der Waals surface area contributed by atoms with Crippen LogP contribution in [0.15, 0.2) is 53.7 Å². The van der Waals surface area contributed by atoms with Crippen molar-refractivity contribution in [2.45, 2.75) is 57.3 Å². The lowest BCUT2D eigenvalue weighted by Gasteiger charge is -2.40. The molecule has 0 saturated heterocycles. The number of pyridine rings is 1. The van der Waals surface area contributed by atoms with Crippen molar-refractivity contribution in [3.63, 3.8) is 0 Å². The van der Waals surface area contributed by atoms with E-state index in [1.165, 1.54) is 16.3 Å². The van der Waals surface area contributed by atoms with Gasteiger partial charge in [0.15, 0.2) is 0 Å². The number of hydrogen-bond donors (Lipinski definition) is 1. The molecule has 1 aromatic heterocycles. The molecule has 1 unspecified atom stereocenters. The normalized spacial score (nSPS) is 23.6. The van der Waals surface area contributed by atoms with Gasteiger partial charge < -0.3 is 10.0 Å². The van der Waals surface area contributed by atoms with Crippen molar-refractivity contribution in [3.05, 3.63) is 75.5 Å². The van der Waals surface area contributed by atoms with Gasteiger partial charge in [0.1, 0.15) is 11.3 Å². The maximum Gasteiger partial charge on any atom is 0.129 e. The Morgan fingerprint density at radius 2 is 1.90 bits per heavy atom. The molecule has 5 rings (SSSR count). The molecule has 2 aromatic carbocycles. The molecule has 0 bridgehead atoms. The highest BCUT2D eigenvalue weighted by atomic mass is 35.5. The molecule has 1 aliphatic carbocycles. The summed E-state index contributed by atoms with van der Waals surface area (Å²) in [6.07, 6.45) is 8.76. The third-order valence-electron chi connectivity index (χ3n) is 6.43. The Bertz CT molecular complexity index is 1190. The minimum absolute atomic E-state index is 0.0185. The van der Waals surface area contributed by atoms with Crippen LogP contribution in [0.3, 0.4) is 0 Å². The molecule has 1 fully saturated rings. The topological polar surface area (TPSA) is 48.7 Å². The van der Waals surface area contributed by atoms with Crippen molar-refractivity contribution in [1.82, 2.24) is 9.88 Å².